The van der Waals surface area contributed by atoms with Gasteiger partial charge in [-0.1, -0.05) is 19.4 Å². The first-order chi connectivity index (χ1) is 7.35. The van der Waals surface area contributed by atoms with Gasteiger partial charge >= 0.3 is 0 Å². The molecule has 0 N–H and O–H groups in total. The van der Waals surface area contributed by atoms with Crippen molar-refractivity contribution in [2.45, 2.75) is 19.8 Å². The number of para-hydroxylation sites is 1. The van der Waals surface area contributed by atoms with E-state index in [0.29, 0.717) is 0 Å². The first kappa shape index (κ1) is 9.90. The maximum absolute atomic E-state index is 5.26. The van der Waals surface area contributed by atoms with Gasteiger partial charge < -0.3 is 4.74 Å². The smallest absolute Gasteiger partial charge is 0.146 e. The van der Waals surface area contributed by atoms with Crippen LogP contribution in [0.2, 0.25) is 0 Å². The summed E-state index contributed by atoms with van der Waals surface area (Å²) < 4.78 is 5.26. The van der Waals surface area contributed by atoms with Crippen molar-refractivity contribution in [2.75, 3.05) is 7.11 Å². The van der Waals surface area contributed by atoms with Gasteiger partial charge in [-0.2, -0.15) is 0 Å². The molecule has 0 unspecified atom stereocenters. The molecule has 15 heavy (non-hydrogen) atoms. The summed E-state index contributed by atoms with van der Waals surface area (Å²) in [5.41, 5.74) is 2.76. The molecule has 1 aromatic heterocycles. The minimum absolute atomic E-state index is 0.790. The molecule has 0 aliphatic heterocycles. The molecule has 2 aromatic rings. The molecular formula is C12H14N2O. The molecule has 3 nitrogen and oxygen atoms in total. The number of aromatic nitrogens is 2. The molecule has 2 rings (SSSR count). The summed E-state index contributed by atoms with van der Waals surface area (Å²) in [4.78, 5) is 8.91. The lowest BCUT2D eigenvalue weighted by atomic mass is 10.2. The van der Waals surface area contributed by atoms with E-state index in [1.807, 2.05) is 24.4 Å². The molecule has 0 saturated heterocycles. The van der Waals surface area contributed by atoms with Gasteiger partial charge in [-0.3, -0.25) is 4.98 Å². The maximum Gasteiger partial charge on any atom is 0.146 e. The van der Waals surface area contributed by atoms with Gasteiger partial charge in [-0.25, -0.2) is 4.98 Å². The maximum atomic E-state index is 5.26. The monoisotopic (exact) mass is 202 g/mol. The number of hydrogen-bond donors (Lipinski definition) is 0. The van der Waals surface area contributed by atoms with Crippen molar-refractivity contribution in [2.24, 2.45) is 0 Å². The predicted molar refractivity (Wildman–Crippen MR) is 60.1 cm³/mol. The predicted octanol–water partition coefficient (Wildman–Crippen LogP) is 2.59. The highest BCUT2D eigenvalue weighted by molar-refractivity contribution is 5.80. The highest BCUT2D eigenvalue weighted by atomic mass is 16.5. The first-order valence-electron chi connectivity index (χ1n) is 5.13. The Balaban J connectivity index is 2.57. The minimum Gasteiger partial charge on any atom is -0.494 e. The van der Waals surface area contributed by atoms with E-state index in [-0.39, 0.29) is 0 Å². The molecule has 0 aliphatic rings. The van der Waals surface area contributed by atoms with Crippen LogP contribution in [-0.2, 0) is 6.42 Å². The van der Waals surface area contributed by atoms with E-state index in [2.05, 4.69) is 16.9 Å². The van der Waals surface area contributed by atoms with Gasteiger partial charge in [0, 0.05) is 6.20 Å². The lowest BCUT2D eigenvalue weighted by Crippen LogP contribution is -1.94. The number of aryl methyl sites for hydroxylation is 1. The number of benzene rings is 1. The van der Waals surface area contributed by atoms with Crippen LogP contribution in [-0.4, -0.2) is 17.1 Å². The van der Waals surface area contributed by atoms with Crippen molar-refractivity contribution in [1.82, 2.24) is 9.97 Å². The Hall–Kier alpha value is -1.64. The lowest BCUT2D eigenvalue weighted by molar-refractivity contribution is 0.418. The van der Waals surface area contributed by atoms with Gasteiger partial charge in [-0.05, 0) is 18.6 Å². The van der Waals surface area contributed by atoms with Crippen molar-refractivity contribution in [3.05, 3.63) is 30.1 Å². The summed E-state index contributed by atoms with van der Waals surface area (Å²) in [6, 6.07) is 5.78. The van der Waals surface area contributed by atoms with Crippen LogP contribution in [0.5, 0.6) is 5.75 Å². The molecule has 0 bridgehead atoms. The second-order valence-electron chi connectivity index (χ2n) is 3.44. The Morgan fingerprint density at radius 1 is 1.33 bits per heavy atom. The van der Waals surface area contributed by atoms with E-state index in [1.54, 1.807) is 7.11 Å². The Bertz CT molecular complexity index is 468. The number of fused-ring (bicyclic) bond motifs is 1. The SMILES string of the molecule is CCCc1cnc2cccc(OC)c2n1. The highest BCUT2D eigenvalue weighted by Gasteiger charge is 2.04. The lowest BCUT2D eigenvalue weighted by Gasteiger charge is -2.05. The average molecular weight is 202 g/mol. The van der Waals surface area contributed by atoms with Crippen LogP contribution in [0.3, 0.4) is 0 Å². The van der Waals surface area contributed by atoms with Gasteiger partial charge in [0.1, 0.15) is 11.3 Å². The van der Waals surface area contributed by atoms with Gasteiger partial charge in [0.15, 0.2) is 0 Å². The normalized spacial score (nSPS) is 10.5. The second kappa shape index (κ2) is 4.26. The average Bonchev–Trinajstić information content (AvgIpc) is 2.28. The van der Waals surface area contributed by atoms with Gasteiger partial charge in [-0.15, -0.1) is 0 Å². The van der Waals surface area contributed by atoms with E-state index in [4.69, 9.17) is 4.74 Å². The van der Waals surface area contributed by atoms with E-state index in [1.165, 1.54) is 0 Å². The summed E-state index contributed by atoms with van der Waals surface area (Å²) >= 11 is 0. The van der Waals surface area contributed by atoms with Crippen molar-refractivity contribution >= 4 is 11.0 Å². The van der Waals surface area contributed by atoms with E-state index in [9.17, 15) is 0 Å². The number of ether oxygens (including phenoxy) is 1. The van der Waals surface area contributed by atoms with Crippen LogP contribution in [0.4, 0.5) is 0 Å². The highest BCUT2D eigenvalue weighted by Crippen LogP contribution is 2.21. The summed E-state index contributed by atoms with van der Waals surface area (Å²) in [5, 5.41) is 0. The standard InChI is InChI=1S/C12H14N2O/c1-3-5-9-8-13-10-6-4-7-11(15-2)12(10)14-9/h4,6-8H,3,5H2,1-2H3. The molecule has 3 heteroatoms. The van der Waals surface area contributed by atoms with Crippen LogP contribution >= 0.6 is 0 Å². The Morgan fingerprint density at radius 3 is 2.93 bits per heavy atom. The Labute approximate surface area is 89.1 Å². The topological polar surface area (TPSA) is 35.0 Å². The molecule has 0 radical (unpaired) electrons. The fourth-order valence-electron chi connectivity index (χ4n) is 1.59. The third kappa shape index (κ3) is 1.91. The fraction of sp³-hybridized carbons (Fsp3) is 0.333. The summed E-state index contributed by atoms with van der Waals surface area (Å²) in [6.07, 6.45) is 3.88. The summed E-state index contributed by atoms with van der Waals surface area (Å²) in [7, 11) is 1.66. The van der Waals surface area contributed by atoms with Crippen LogP contribution < -0.4 is 4.74 Å². The first-order valence-corrected chi connectivity index (χ1v) is 5.13. The summed E-state index contributed by atoms with van der Waals surface area (Å²) in [5.74, 6) is 0.790. The van der Waals surface area contributed by atoms with E-state index in [0.717, 1.165) is 35.3 Å². The molecule has 0 amide bonds. The Kier molecular flexibility index (Phi) is 2.81. The molecule has 0 fully saturated rings. The van der Waals surface area contributed by atoms with Gasteiger partial charge in [0.2, 0.25) is 0 Å². The zero-order valence-corrected chi connectivity index (χ0v) is 9.03. The molecule has 0 saturated carbocycles. The molecule has 1 heterocycles. The van der Waals surface area contributed by atoms with Crippen molar-refractivity contribution in [3.63, 3.8) is 0 Å². The van der Waals surface area contributed by atoms with Crippen LogP contribution in [0.15, 0.2) is 24.4 Å². The molecule has 0 spiro atoms. The fourth-order valence-corrected chi connectivity index (χ4v) is 1.59. The third-order valence-corrected chi connectivity index (χ3v) is 2.31. The molecule has 0 aliphatic carbocycles. The number of nitrogens with zero attached hydrogens (tertiary/aromatic N) is 2. The number of hydrogen-bond acceptors (Lipinski definition) is 3. The number of rotatable bonds is 3. The zero-order chi connectivity index (χ0) is 10.7. The zero-order valence-electron chi connectivity index (χ0n) is 9.03. The largest absolute Gasteiger partial charge is 0.494 e. The van der Waals surface area contributed by atoms with Crippen molar-refractivity contribution < 1.29 is 4.74 Å². The Morgan fingerprint density at radius 2 is 2.20 bits per heavy atom. The van der Waals surface area contributed by atoms with Gasteiger partial charge in [0.25, 0.3) is 0 Å². The second-order valence-corrected chi connectivity index (χ2v) is 3.44. The van der Waals surface area contributed by atoms with Crippen molar-refractivity contribution in [1.29, 1.82) is 0 Å². The van der Waals surface area contributed by atoms with Crippen LogP contribution in [0.1, 0.15) is 19.0 Å². The van der Waals surface area contributed by atoms with Crippen LogP contribution in [0, 0.1) is 0 Å². The third-order valence-electron chi connectivity index (χ3n) is 2.31. The van der Waals surface area contributed by atoms with E-state index >= 15 is 0 Å². The minimum atomic E-state index is 0.790. The van der Waals surface area contributed by atoms with Crippen molar-refractivity contribution in [3.8, 4) is 5.75 Å². The molecule has 0 atom stereocenters. The number of methoxy groups -OCH3 is 1. The van der Waals surface area contributed by atoms with Crippen LogP contribution in [0.25, 0.3) is 11.0 Å². The molecule has 78 valence electrons. The summed E-state index contributed by atoms with van der Waals surface area (Å²) in [6.45, 7) is 2.13. The van der Waals surface area contributed by atoms with Gasteiger partial charge in [0.05, 0.1) is 18.3 Å². The quantitative estimate of drug-likeness (QED) is 0.767. The molecule has 1 aromatic carbocycles. The van der Waals surface area contributed by atoms with E-state index < -0.39 is 0 Å². The molecular weight excluding hydrogens is 188 g/mol.